The largest absolute Gasteiger partial charge is 0.388 e. The lowest BCUT2D eigenvalue weighted by Crippen LogP contribution is -2.00. The lowest BCUT2D eigenvalue weighted by molar-refractivity contribution is 0.161. The molecule has 0 spiro atoms. The van der Waals surface area contributed by atoms with E-state index in [4.69, 9.17) is 0 Å². The van der Waals surface area contributed by atoms with E-state index in [2.05, 4.69) is 15.9 Å². The van der Waals surface area contributed by atoms with Crippen LogP contribution >= 0.6 is 15.9 Å². The van der Waals surface area contributed by atoms with Crippen LogP contribution in [-0.2, 0) is 0 Å². The van der Waals surface area contributed by atoms with Crippen LogP contribution in [-0.4, -0.2) is 5.11 Å². The monoisotopic (exact) mass is 246 g/mol. The fourth-order valence-corrected chi connectivity index (χ4v) is 1.59. The van der Waals surface area contributed by atoms with Crippen LogP contribution in [0.4, 0.5) is 4.39 Å². The van der Waals surface area contributed by atoms with Crippen LogP contribution in [0.2, 0.25) is 0 Å². The van der Waals surface area contributed by atoms with E-state index in [-0.39, 0.29) is 5.82 Å². The summed E-state index contributed by atoms with van der Waals surface area (Å²) in [5.41, 5.74) is 0.372. The molecule has 0 heterocycles. The molecule has 0 radical (unpaired) electrons. The fourth-order valence-electron chi connectivity index (χ4n) is 1.21. The average molecular weight is 247 g/mol. The number of aliphatic hydroxyl groups excluding tert-OH is 1. The Bertz CT molecular complexity index is 288. The van der Waals surface area contributed by atoms with Gasteiger partial charge in [-0.3, -0.25) is 0 Å². The Morgan fingerprint density at radius 1 is 1.54 bits per heavy atom. The van der Waals surface area contributed by atoms with E-state index in [1.807, 2.05) is 6.92 Å². The second kappa shape index (κ2) is 4.72. The number of hydrogen-bond acceptors (Lipinski definition) is 1. The summed E-state index contributed by atoms with van der Waals surface area (Å²) in [4.78, 5) is 0. The Hall–Kier alpha value is -0.410. The van der Waals surface area contributed by atoms with E-state index < -0.39 is 6.10 Å². The SMILES string of the molecule is CCCC(O)c1cccc(Br)c1F. The van der Waals surface area contributed by atoms with Crippen molar-refractivity contribution in [2.45, 2.75) is 25.9 Å². The molecule has 1 aromatic rings. The molecule has 72 valence electrons. The predicted octanol–water partition coefficient (Wildman–Crippen LogP) is 3.42. The molecule has 13 heavy (non-hydrogen) atoms. The van der Waals surface area contributed by atoms with Gasteiger partial charge < -0.3 is 5.11 Å². The quantitative estimate of drug-likeness (QED) is 0.867. The summed E-state index contributed by atoms with van der Waals surface area (Å²) in [6.07, 6.45) is 0.739. The molecule has 1 aromatic carbocycles. The van der Waals surface area contributed by atoms with Crippen molar-refractivity contribution in [2.24, 2.45) is 0 Å². The summed E-state index contributed by atoms with van der Waals surface area (Å²) in [6.45, 7) is 1.96. The minimum absolute atomic E-state index is 0.358. The van der Waals surface area contributed by atoms with Gasteiger partial charge in [0.1, 0.15) is 5.82 Å². The van der Waals surface area contributed by atoms with Gasteiger partial charge in [0.05, 0.1) is 10.6 Å². The first kappa shape index (κ1) is 10.7. The summed E-state index contributed by atoms with van der Waals surface area (Å²) in [7, 11) is 0. The Morgan fingerprint density at radius 2 is 2.23 bits per heavy atom. The molecule has 0 aliphatic carbocycles. The minimum Gasteiger partial charge on any atom is -0.388 e. The van der Waals surface area contributed by atoms with Crippen LogP contribution in [0.5, 0.6) is 0 Å². The summed E-state index contributed by atoms with van der Waals surface area (Å²) in [5, 5.41) is 9.56. The summed E-state index contributed by atoms with van der Waals surface area (Å²) in [5.74, 6) is -0.358. The van der Waals surface area contributed by atoms with E-state index in [1.54, 1.807) is 18.2 Å². The highest BCUT2D eigenvalue weighted by Gasteiger charge is 2.13. The molecule has 1 atom stereocenters. The Balaban J connectivity index is 2.93. The molecule has 0 amide bonds. The standard InChI is InChI=1S/C10H12BrFO/c1-2-4-9(13)7-5-3-6-8(11)10(7)12/h3,5-6,9,13H,2,4H2,1H3. The maximum Gasteiger partial charge on any atom is 0.143 e. The lowest BCUT2D eigenvalue weighted by Gasteiger charge is -2.10. The highest BCUT2D eigenvalue weighted by Crippen LogP contribution is 2.25. The van der Waals surface area contributed by atoms with Gasteiger partial charge in [-0.05, 0) is 28.4 Å². The molecule has 3 heteroatoms. The smallest absolute Gasteiger partial charge is 0.143 e. The molecule has 1 N–H and O–H groups in total. The molecule has 0 saturated carbocycles. The molecule has 0 fully saturated rings. The van der Waals surface area contributed by atoms with Crippen LogP contribution in [0.3, 0.4) is 0 Å². The van der Waals surface area contributed by atoms with Crippen molar-refractivity contribution in [2.75, 3.05) is 0 Å². The molecular weight excluding hydrogens is 235 g/mol. The second-order valence-corrected chi connectivity index (χ2v) is 3.80. The maximum atomic E-state index is 13.4. The number of aliphatic hydroxyl groups is 1. The van der Waals surface area contributed by atoms with Gasteiger partial charge in [0.2, 0.25) is 0 Å². The topological polar surface area (TPSA) is 20.2 Å². The van der Waals surface area contributed by atoms with Crippen molar-refractivity contribution in [3.8, 4) is 0 Å². The van der Waals surface area contributed by atoms with Crippen molar-refractivity contribution in [3.63, 3.8) is 0 Å². The molecule has 0 aromatic heterocycles. The maximum absolute atomic E-state index is 13.4. The van der Waals surface area contributed by atoms with Crippen LogP contribution in [0.1, 0.15) is 31.4 Å². The van der Waals surface area contributed by atoms with Crippen molar-refractivity contribution in [3.05, 3.63) is 34.1 Å². The molecule has 1 rings (SSSR count). The Kier molecular flexibility index (Phi) is 3.88. The van der Waals surface area contributed by atoms with Gasteiger partial charge in [-0.15, -0.1) is 0 Å². The van der Waals surface area contributed by atoms with Gasteiger partial charge in [0.25, 0.3) is 0 Å². The van der Waals surface area contributed by atoms with Gasteiger partial charge in [0, 0.05) is 5.56 Å². The van der Waals surface area contributed by atoms with Crippen LogP contribution in [0.25, 0.3) is 0 Å². The zero-order valence-corrected chi connectivity index (χ0v) is 9.01. The molecule has 0 saturated heterocycles. The van der Waals surface area contributed by atoms with E-state index in [0.717, 1.165) is 6.42 Å². The fraction of sp³-hybridized carbons (Fsp3) is 0.400. The van der Waals surface area contributed by atoms with E-state index >= 15 is 0 Å². The average Bonchev–Trinajstić information content (AvgIpc) is 2.10. The number of halogens is 2. The summed E-state index contributed by atoms with van der Waals surface area (Å²) >= 11 is 3.08. The third-order valence-corrected chi connectivity index (χ3v) is 2.52. The van der Waals surface area contributed by atoms with Crippen molar-refractivity contribution in [1.29, 1.82) is 0 Å². The van der Waals surface area contributed by atoms with Gasteiger partial charge in [-0.1, -0.05) is 25.5 Å². The van der Waals surface area contributed by atoms with Crippen molar-refractivity contribution >= 4 is 15.9 Å². The Morgan fingerprint density at radius 3 is 2.85 bits per heavy atom. The molecule has 0 aliphatic rings. The van der Waals surface area contributed by atoms with Crippen molar-refractivity contribution < 1.29 is 9.50 Å². The Labute approximate surface area is 85.7 Å². The van der Waals surface area contributed by atoms with Gasteiger partial charge in [-0.2, -0.15) is 0 Å². The first-order valence-corrected chi connectivity index (χ1v) is 5.08. The molecule has 1 unspecified atom stereocenters. The normalized spacial score (nSPS) is 12.9. The van der Waals surface area contributed by atoms with Gasteiger partial charge in [0.15, 0.2) is 0 Å². The van der Waals surface area contributed by atoms with E-state index in [1.165, 1.54) is 0 Å². The highest BCUT2D eigenvalue weighted by molar-refractivity contribution is 9.10. The third-order valence-electron chi connectivity index (χ3n) is 1.90. The van der Waals surface area contributed by atoms with Crippen LogP contribution in [0, 0.1) is 5.82 Å². The van der Waals surface area contributed by atoms with Crippen LogP contribution in [0.15, 0.2) is 22.7 Å². The predicted molar refractivity (Wildman–Crippen MR) is 54.0 cm³/mol. The summed E-state index contributed by atoms with van der Waals surface area (Å²) in [6, 6.07) is 4.96. The van der Waals surface area contributed by atoms with Gasteiger partial charge >= 0.3 is 0 Å². The van der Waals surface area contributed by atoms with E-state index in [9.17, 15) is 9.50 Å². The second-order valence-electron chi connectivity index (χ2n) is 2.95. The van der Waals surface area contributed by atoms with Crippen molar-refractivity contribution in [1.82, 2.24) is 0 Å². The van der Waals surface area contributed by atoms with E-state index in [0.29, 0.717) is 16.5 Å². The zero-order chi connectivity index (χ0) is 9.84. The number of hydrogen-bond donors (Lipinski definition) is 1. The first-order chi connectivity index (χ1) is 6.16. The molecular formula is C10H12BrFO. The molecule has 0 bridgehead atoms. The first-order valence-electron chi connectivity index (χ1n) is 4.28. The number of rotatable bonds is 3. The molecule has 1 nitrogen and oxygen atoms in total. The lowest BCUT2D eigenvalue weighted by atomic mass is 10.1. The third kappa shape index (κ3) is 2.51. The number of benzene rings is 1. The molecule has 0 aliphatic heterocycles. The van der Waals surface area contributed by atoms with Gasteiger partial charge in [-0.25, -0.2) is 4.39 Å². The van der Waals surface area contributed by atoms with Crippen LogP contribution < -0.4 is 0 Å². The highest BCUT2D eigenvalue weighted by atomic mass is 79.9. The zero-order valence-electron chi connectivity index (χ0n) is 7.43. The minimum atomic E-state index is -0.692. The summed E-state index contributed by atoms with van der Waals surface area (Å²) < 4.78 is 13.8.